The Kier molecular flexibility index (Phi) is 6.18. The first-order valence-corrected chi connectivity index (χ1v) is 8.37. The van der Waals surface area contributed by atoms with E-state index in [1.54, 1.807) is 6.07 Å². The fourth-order valence-corrected chi connectivity index (χ4v) is 3.33. The van der Waals surface area contributed by atoms with E-state index >= 15 is 0 Å². The van der Waals surface area contributed by atoms with Crippen LogP contribution in [0.5, 0.6) is 5.75 Å². The number of rotatable bonds is 6. The Morgan fingerprint density at radius 3 is 2.41 bits per heavy atom. The molecule has 1 aromatic carbocycles. The summed E-state index contributed by atoms with van der Waals surface area (Å²) >= 11 is 0. The summed E-state index contributed by atoms with van der Waals surface area (Å²) in [6.45, 7) is 4.28. The van der Waals surface area contributed by atoms with Crippen LogP contribution in [0.2, 0.25) is 0 Å². The van der Waals surface area contributed by atoms with Gasteiger partial charge < -0.3 is 9.84 Å². The third-order valence-corrected chi connectivity index (χ3v) is 4.71. The zero-order valence-corrected chi connectivity index (χ0v) is 13.4. The van der Waals surface area contributed by atoms with Crippen LogP contribution in [-0.4, -0.2) is 17.8 Å². The largest absolute Gasteiger partial charge is 0.490 e. The second kappa shape index (κ2) is 7.91. The van der Waals surface area contributed by atoms with Crippen LogP contribution in [0.4, 0.5) is 8.78 Å². The van der Waals surface area contributed by atoms with Crippen molar-refractivity contribution in [2.45, 2.75) is 64.4 Å². The fourth-order valence-electron chi connectivity index (χ4n) is 3.33. The highest BCUT2D eigenvalue weighted by molar-refractivity contribution is 5.33. The molecule has 1 atom stereocenters. The van der Waals surface area contributed by atoms with E-state index < -0.39 is 11.6 Å². The molecule has 0 spiro atoms. The first-order valence-electron chi connectivity index (χ1n) is 8.37. The Balaban J connectivity index is 2.06. The molecule has 124 valence electrons. The normalized spacial score (nSPS) is 23.3. The molecule has 1 saturated carbocycles. The Morgan fingerprint density at radius 2 is 1.82 bits per heavy atom. The van der Waals surface area contributed by atoms with E-state index in [9.17, 15) is 13.9 Å². The fraction of sp³-hybridized carbons (Fsp3) is 0.667. The molecule has 1 aliphatic carbocycles. The summed E-state index contributed by atoms with van der Waals surface area (Å²) in [6, 6.07) is 3.20. The van der Waals surface area contributed by atoms with E-state index in [0.717, 1.165) is 38.5 Å². The third kappa shape index (κ3) is 3.78. The van der Waals surface area contributed by atoms with Gasteiger partial charge in [-0.1, -0.05) is 19.9 Å². The lowest BCUT2D eigenvalue weighted by molar-refractivity contribution is 0.0775. The molecule has 2 nitrogen and oxygen atoms in total. The van der Waals surface area contributed by atoms with Crippen molar-refractivity contribution < 1.29 is 18.6 Å². The van der Waals surface area contributed by atoms with Gasteiger partial charge in [0.1, 0.15) is 0 Å². The predicted octanol–water partition coefficient (Wildman–Crippen LogP) is 4.80. The smallest absolute Gasteiger partial charge is 0.200 e. The Bertz CT molecular complexity index is 482. The molecular formula is C18H26F2O2. The molecule has 1 fully saturated rings. The molecule has 0 amide bonds. The monoisotopic (exact) mass is 312 g/mol. The summed E-state index contributed by atoms with van der Waals surface area (Å²) in [6.07, 6.45) is 4.57. The molecule has 1 N–H and O–H groups in total. The maximum atomic E-state index is 14.3. The molecule has 0 aliphatic heterocycles. The molecule has 0 bridgehead atoms. The third-order valence-electron chi connectivity index (χ3n) is 4.71. The highest BCUT2D eigenvalue weighted by Crippen LogP contribution is 2.39. The van der Waals surface area contributed by atoms with Gasteiger partial charge >= 0.3 is 0 Å². The van der Waals surface area contributed by atoms with E-state index in [-0.39, 0.29) is 17.8 Å². The van der Waals surface area contributed by atoms with Crippen molar-refractivity contribution in [3.8, 4) is 5.75 Å². The molecule has 2 rings (SSSR count). The molecule has 4 heteroatoms. The lowest BCUT2D eigenvalue weighted by Crippen LogP contribution is -2.24. The summed E-state index contributed by atoms with van der Waals surface area (Å²) in [7, 11) is 0. The van der Waals surface area contributed by atoms with Crippen molar-refractivity contribution in [2.24, 2.45) is 5.92 Å². The highest BCUT2D eigenvalue weighted by atomic mass is 19.2. The first kappa shape index (κ1) is 17.2. The Hall–Kier alpha value is -1.16. The van der Waals surface area contributed by atoms with Crippen molar-refractivity contribution in [1.29, 1.82) is 0 Å². The minimum atomic E-state index is -0.873. The average Bonchev–Trinajstić information content (AvgIpc) is 2.56. The molecule has 0 aromatic heterocycles. The van der Waals surface area contributed by atoms with Crippen molar-refractivity contribution >= 4 is 0 Å². The molecule has 1 aromatic rings. The van der Waals surface area contributed by atoms with Gasteiger partial charge in [-0.2, -0.15) is 4.39 Å². The molecule has 1 aliphatic rings. The van der Waals surface area contributed by atoms with E-state index in [1.165, 1.54) is 6.07 Å². The SMILES string of the molecule is CCCOc1ccc(C2CCC(C(O)CC)CC2)c(F)c1F. The van der Waals surface area contributed by atoms with Gasteiger partial charge in [0.25, 0.3) is 0 Å². The van der Waals surface area contributed by atoms with Gasteiger partial charge in [-0.05, 0) is 62.0 Å². The van der Waals surface area contributed by atoms with Crippen LogP contribution < -0.4 is 4.74 Å². The lowest BCUT2D eigenvalue weighted by Gasteiger charge is -2.31. The zero-order chi connectivity index (χ0) is 16.1. The zero-order valence-electron chi connectivity index (χ0n) is 13.4. The molecular weight excluding hydrogens is 286 g/mol. The van der Waals surface area contributed by atoms with E-state index in [0.29, 0.717) is 18.1 Å². The van der Waals surface area contributed by atoms with Crippen molar-refractivity contribution in [3.05, 3.63) is 29.3 Å². The van der Waals surface area contributed by atoms with Gasteiger partial charge in [0, 0.05) is 0 Å². The quantitative estimate of drug-likeness (QED) is 0.817. The summed E-state index contributed by atoms with van der Waals surface area (Å²) in [4.78, 5) is 0. The number of hydrogen-bond acceptors (Lipinski definition) is 2. The second-order valence-corrected chi connectivity index (χ2v) is 6.22. The number of benzene rings is 1. The van der Waals surface area contributed by atoms with Crippen LogP contribution in [0.1, 0.15) is 63.9 Å². The molecule has 1 unspecified atom stereocenters. The van der Waals surface area contributed by atoms with Gasteiger partial charge in [0.05, 0.1) is 12.7 Å². The van der Waals surface area contributed by atoms with Gasteiger partial charge in [0.2, 0.25) is 5.82 Å². The van der Waals surface area contributed by atoms with Gasteiger partial charge in [-0.3, -0.25) is 0 Å². The Morgan fingerprint density at radius 1 is 1.14 bits per heavy atom. The maximum Gasteiger partial charge on any atom is 0.200 e. The van der Waals surface area contributed by atoms with Crippen molar-refractivity contribution in [3.63, 3.8) is 0 Å². The van der Waals surface area contributed by atoms with E-state index in [4.69, 9.17) is 4.74 Å². The van der Waals surface area contributed by atoms with Crippen LogP contribution in [0, 0.1) is 17.6 Å². The van der Waals surface area contributed by atoms with E-state index in [1.807, 2.05) is 13.8 Å². The number of hydrogen-bond donors (Lipinski definition) is 1. The molecule has 0 radical (unpaired) electrons. The minimum absolute atomic E-state index is 0.00167. The van der Waals surface area contributed by atoms with Crippen LogP contribution in [0.15, 0.2) is 12.1 Å². The summed E-state index contributed by atoms with van der Waals surface area (Å²) < 4.78 is 33.6. The number of halogens is 2. The van der Waals surface area contributed by atoms with Crippen LogP contribution in [-0.2, 0) is 0 Å². The number of aliphatic hydroxyl groups excluding tert-OH is 1. The highest BCUT2D eigenvalue weighted by Gasteiger charge is 2.29. The van der Waals surface area contributed by atoms with Gasteiger partial charge in [-0.15, -0.1) is 0 Å². The summed E-state index contributed by atoms with van der Waals surface area (Å²) in [5.41, 5.74) is 0.450. The molecule has 0 heterocycles. The van der Waals surface area contributed by atoms with Crippen LogP contribution >= 0.6 is 0 Å². The first-order chi connectivity index (χ1) is 10.6. The van der Waals surface area contributed by atoms with Crippen molar-refractivity contribution in [2.75, 3.05) is 6.61 Å². The standard InChI is InChI=1S/C18H26F2O2/c1-3-11-22-16-10-9-14(17(19)18(16)20)12-5-7-13(8-6-12)15(21)4-2/h9-10,12-13,15,21H,3-8,11H2,1-2H3. The van der Waals surface area contributed by atoms with Crippen LogP contribution in [0.25, 0.3) is 0 Å². The predicted molar refractivity (Wildman–Crippen MR) is 83.1 cm³/mol. The van der Waals surface area contributed by atoms with Gasteiger partial charge in [0.15, 0.2) is 11.6 Å². The maximum absolute atomic E-state index is 14.3. The Labute approximate surface area is 131 Å². The lowest BCUT2D eigenvalue weighted by atomic mass is 9.76. The topological polar surface area (TPSA) is 29.5 Å². The van der Waals surface area contributed by atoms with Crippen molar-refractivity contribution in [1.82, 2.24) is 0 Å². The minimum Gasteiger partial charge on any atom is -0.490 e. The molecule has 0 saturated heterocycles. The summed E-state index contributed by atoms with van der Waals surface area (Å²) in [5.74, 6) is -1.32. The second-order valence-electron chi connectivity index (χ2n) is 6.22. The summed E-state index contributed by atoms with van der Waals surface area (Å²) in [5, 5.41) is 9.91. The average molecular weight is 312 g/mol. The van der Waals surface area contributed by atoms with E-state index in [2.05, 4.69) is 0 Å². The van der Waals surface area contributed by atoms with Crippen LogP contribution in [0.3, 0.4) is 0 Å². The van der Waals surface area contributed by atoms with Gasteiger partial charge in [-0.25, -0.2) is 4.39 Å². The molecule has 22 heavy (non-hydrogen) atoms. The number of ether oxygens (including phenoxy) is 1. The number of aliphatic hydroxyl groups is 1.